The second-order valence-corrected chi connectivity index (χ2v) is 9.94. The molecule has 0 saturated carbocycles. The Bertz CT molecular complexity index is 1260. The third-order valence-electron chi connectivity index (χ3n) is 6.35. The number of piperazine rings is 1. The van der Waals surface area contributed by atoms with Crippen molar-refractivity contribution in [1.29, 1.82) is 0 Å². The number of nitrogens with zero attached hydrogens (tertiary/aromatic N) is 4. The van der Waals surface area contributed by atoms with E-state index in [1.54, 1.807) is 31.0 Å². The van der Waals surface area contributed by atoms with E-state index in [1.165, 1.54) is 29.4 Å². The van der Waals surface area contributed by atoms with E-state index in [0.29, 0.717) is 18.8 Å². The Morgan fingerprint density at radius 3 is 2.41 bits per heavy atom. The lowest BCUT2D eigenvalue weighted by molar-refractivity contribution is 0.221. The maximum atomic E-state index is 16.2. The van der Waals surface area contributed by atoms with Crippen molar-refractivity contribution in [3.63, 3.8) is 0 Å². The van der Waals surface area contributed by atoms with Gasteiger partial charge in [-0.3, -0.25) is 14.6 Å². The molecule has 1 aliphatic heterocycles. The van der Waals surface area contributed by atoms with Gasteiger partial charge in [0, 0.05) is 43.5 Å². The highest BCUT2D eigenvalue weighted by Gasteiger charge is 2.28. The molecule has 2 heterocycles. The normalized spacial score (nSPS) is 15.7. The molecule has 1 atom stereocenters. The van der Waals surface area contributed by atoms with E-state index in [-0.39, 0.29) is 22.2 Å². The van der Waals surface area contributed by atoms with Gasteiger partial charge in [0.2, 0.25) is 0 Å². The molecule has 182 valence electrons. The molecule has 2 aromatic carbocycles. The van der Waals surface area contributed by atoms with E-state index in [0.717, 1.165) is 29.1 Å². The molecule has 0 amide bonds. The molecule has 1 N–H and O–H groups in total. The minimum atomic E-state index is -0.811. The molecule has 0 bridgehead atoms. The molecular formula is C24H28F2N4O2S2. The van der Waals surface area contributed by atoms with Crippen LogP contribution in [0, 0.1) is 11.6 Å². The van der Waals surface area contributed by atoms with Gasteiger partial charge in [-0.25, -0.2) is 18.1 Å². The third kappa shape index (κ3) is 4.39. The van der Waals surface area contributed by atoms with E-state index in [2.05, 4.69) is 4.31 Å². The molecule has 34 heavy (non-hydrogen) atoms. The Hall–Kier alpha value is -2.27. The van der Waals surface area contributed by atoms with Gasteiger partial charge in [0.1, 0.15) is 11.6 Å². The molecule has 4 rings (SSSR count). The van der Waals surface area contributed by atoms with E-state index in [1.807, 2.05) is 29.5 Å². The van der Waals surface area contributed by atoms with E-state index < -0.39 is 23.2 Å². The standard InChI is InChI=1S/C24H28F2N4O2S2/c1-15(30(32)19-7-5-6-8-20(19)33-3)17-13-16(25)14-18-21(17)22(26)23(27(2)24(18)31)28-9-11-29(34-4)12-10-28/h5-8,13-15,32H,9-12H2,1-4H3. The average Bonchev–Trinajstić information content (AvgIpc) is 2.86. The molecule has 0 radical (unpaired) electrons. The van der Waals surface area contributed by atoms with Gasteiger partial charge in [-0.05, 0) is 49.3 Å². The summed E-state index contributed by atoms with van der Waals surface area (Å²) in [7, 11) is 1.52. The fourth-order valence-electron chi connectivity index (χ4n) is 4.50. The number of anilines is 2. The van der Waals surface area contributed by atoms with Crippen LogP contribution in [0.1, 0.15) is 18.5 Å². The van der Waals surface area contributed by atoms with E-state index in [9.17, 15) is 14.4 Å². The van der Waals surface area contributed by atoms with E-state index >= 15 is 4.39 Å². The van der Waals surface area contributed by atoms with Gasteiger partial charge in [-0.2, -0.15) is 0 Å². The number of hydroxylamine groups is 1. The second kappa shape index (κ2) is 10.2. The Balaban J connectivity index is 1.87. The summed E-state index contributed by atoms with van der Waals surface area (Å²) in [6.07, 6.45) is 3.89. The maximum absolute atomic E-state index is 16.2. The Kier molecular flexibility index (Phi) is 7.42. The highest BCUT2D eigenvalue weighted by Crippen LogP contribution is 2.37. The van der Waals surface area contributed by atoms with Crippen molar-refractivity contribution in [2.24, 2.45) is 7.05 Å². The highest BCUT2D eigenvalue weighted by molar-refractivity contribution is 7.98. The monoisotopic (exact) mass is 506 g/mol. The fraction of sp³-hybridized carbons (Fsp3) is 0.375. The third-order valence-corrected chi connectivity index (χ3v) is 8.01. The van der Waals surface area contributed by atoms with Crippen LogP contribution in [0.5, 0.6) is 0 Å². The van der Waals surface area contributed by atoms with Crippen molar-refractivity contribution in [2.75, 3.05) is 48.7 Å². The lowest BCUT2D eigenvalue weighted by atomic mass is 9.98. The molecule has 0 aliphatic carbocycles. The summed E-state index contributed by atoms with van der Waals surface area (Å²) in [5.41, 5.74) is 0.269. The molecule has 1 saturated heterocycles. The van der Waals surface area contributed by atoms with Crippen LogP contribution in [0.15, 0.2) is 46.1 Å². The number of pyridine rings is 1. The summed E-state index contributed by atoms with van der Waals surface area (Å²) in [4.78, 5) is 15.9. The van der Waals surface area contributed by atoms with Crippen molar-refractivity contribution in [2.45, 2.75) is 17.9 Å². The molecule has 1 fully saturated rings. The SMILES string of the molecule is CSc1ccccc1N(O)C(C)c1cc(F)cc2c(=O)n(C)c(N3CCN(SC)CC3)c(F)c12. The molecule has 0 spiro atoms. The van der Waals surface area contributed by atoms with Crippen molar-refractivity contribution >= 4 is 46.0 Å². The molecule has 1 aromatic heterocycles. The quantitative estimate of drug-likeness (QED) is 0.290. The van der Waals surface area contributed by atoms with Crippen LogP contribution in [-0.2, 0) is 7.05 Å². The smallest absolute Gasteiger partial charge is 0.260 e. The Labute approximate surface area is 206 Å². The Morgan fingerprint density at radius 2 is 1.76 bits per heavy atom. The van der Waals surface area contributed by atoms with Crippen molar-refractivity contribution in [3.05, 3.63) is 63.9 Å². The van der Waals surface area contributed by atoms with Crippen LogP contribution in [0.25, 0.3) is 10.8 Å². The van der Waals surface area contributed by atoms with Gasteiger partial charge >= 0.3 is 0 Å². The first-order chi connectivity index (χ1) is 16.3. The van der Waals surface area contributed by atoms with Crippen LogP contribution >= 0.6 is 23.7 Å². The molecule has 1 aliphatic rings. The minimum Gasteiger partial charge on any atom is -0.353 e. The number of rotatable bonds is 6. The zero-order valence-corrected chi connectivity index (χ0v) is 21.2. The summed E-state index contributed by atoms with van der Waals surface area (Å²) < 4.78 is 34.3. The van der Waals surface area contributed by atoms with Gasteiger partial charge in [0.25, 0.3) is 5.56 Å². The molecule has 3 aromatic rings. The topological polar surface area (TPSA) is 52.0 Å². The van der Waals surface area contributed by atoms with E-state index in [4.69, 9.17) is 0 Å². The number of fused-ring (bicyclic) bond motifs is 1. The number of benzene rings is 2. The number of para-hydroxylation sites is 1. The van der Waals surface area contributed by atoms with Crippen LogP contribution in [0.3, 0.4) is 0 Å². The summed E-state index contributed by atoms with van der Waals surface area (Å²) >= 11 is 3.10. The lowest BCUT2D eigenvalue weighted by Gasteiger charge is -2.36. The number of hydrogen-bond acceptors (Lipinski definition) is 7. The predicted octanol–water partition coefficient (Wildman–Crippen LogP) is 4.90. The van der Waals surface area contributed by atoms with Crippen LogP contribution in [0.2, 0.25) is 0 Å². The molecule has 1 unspecified atom stereocenters. The zero-order chi connectivity index (χ0) is 24.6. The number of aromatic nitrogens is 1. The number of halogens is 2. The predicted molar refractivity (Wildman–Crippen MR) is 137 cm³/mol. The van der Waals surface area contributed by atoms with Crippen molar-refractivity contribution < 1.29 is 14.0 Å². The minimum absolute atomic E-state index is 0.0416. The lowest BCUT2D eigenvalue weighted by Crippen LogP contribution is -2.45. The maximum Gasteiger partial charge on any atom is 0.260 e. The van der Waals surface area contributed by atoms with Gasteiger partial charge in [-0.15, -0.1) is 11.8 Å². The van der Waals surface area contributed by atoms with Crippen LogP contribution < -0.4 is 15.5 Å². The first-order valence-corrected chi connectivity index (χ1v) is 13.4. The van der Waals surface area contributed by atoms with Crippen molar-refractivity contribution in [1.82, 2.24) is 8.87 Å². The first-order valence-electron chi connectivity index (χ1n) is 10.9. The first kappa shape index (κ1) is 24.8. The fourth-order valence-corrected chi connectivity index (χ4v) is 5.61. The highest BCUT2D eigenvalue weighted by atomic mass is 32.2. The van der Waals surface area contributed by atoms with Gasteiger partial charge < -0.3 is 4.90 Å². The summed E-state index contributed by atoms with van der Waals surface area (Å²) in [5, 5.41) is 12.1. The number of hydrogen-bond donors (Lipinski definition) is 1. The number of thioether (sulfide) groups is 1. The van der Waals surface area contributed by atoms with Gasteiger partial charge in [0.15, 0.2) is 5.82 Å². The summed E-state index contributed by atoms with van der Waals surface area (Å²) in [5.74, 6) is -1.05. The average molecular weight is 507 g/mol. The Morgan fingerprint density at radius 1 is 1.09 bits per heavy atom. The van der Waals surface area contributed by atoms with Gasteiger partial charge in [-0.1, -0.05) is 24.1 Å². The molecular weight excluding hydrogens is 478 g/mol. The zero-order valence-electron chi connectivity index (χ0n) is 19.6. The largest absolute Gasteiger partial charge is 0.353 e. The summed E-state index contributed by atoms with van der Waals surface area (Å²) in [6.45, 7) is 4.26. The second-order valence-electron chi connectivity index (χ2n) is 8.21. The summed E-state index contributed by atoms with van der Waals surface area (Å²) in [6, 6.07) is 8.72. The van der Waals surface area contributed by atoms with Crippen LogP contribution in [-0.4, -0.2) is 52.8 Å². The molecule has 10 heteroatoms. The molecule has 6 nitrogen and oxygen atoms in total. The van der Waals surface area contributed by atoms with Gasteiger partial charge in [0.05, 0.1) is 17.1 Å². The van der Waals surface area contributed by atoms with Crippen LogP contribution in [0.4, 0.5) is 20.3 Å². The van der Waals surface area contributed by atoms with Crippen molar-refractivity contribution in [3.8, 4) is 0 Å².